The van der Waals surface area contributed by atoms with Gasteiger partial charge in [0.2, 0.25) is 5.76 Å². The largest absolute Gasteiger partial charge is 0.450 e. The highest BCUT2D eigenvalue weighted by Gasteiger charge is 2.42. The van der Waals surface area contributed by atoms with Crippen molar-refractivity contribution in [1.29, 1.82) is 0 Å². The fraction of sp³-hybridized carbons (Fsp3) is 0.385. The maximum Gasteiger partial charge on any atom is 0.290 e. The molecule has 1 atom stereocenters. The molecule has 1 unspecified atom stereocenters. The van der Waals surface area contributed by atoms with Gasteiger partial charge in [-0.2, -0.15) is 0 Å². The van der Waals surface area contributed by atoms with Crippen molar-refractivity contribution in [3.05, 3.63) is 80.7 Å². The summed E-state index contributed by atoms with van der Waals surface area (Å²) in [6.45, 7) is 7.68. The van der Waals surface area contributed by atoms with Gasteiger partial charge in [-0.05, 0) is 63.2 Å². The number of carbonyl (C=O) groups excluding carboxylic acids is 1. The maximum absolute atomic E-state index is 13.6. The standard InChI is InChI=1S/C26H30N2O3/c1-16(2)18-8-10-19(11-9-18)23-22-24(29)20-15-17(3)7-12-21(20)31-25(22)26(30)28(23)14-6-13-27(4)5/h7-12,15-16,23H,6,13-14H2,1-5H3. The smallest absolute Gasteiger partial charge is 0.290 e. The second kappa shape index (κ2) is 8.31. The summed E-state index contributed by atoms with van der Waals surface area (Å²) in [4.78, 5) is 30.8. The molecule has 0 radical (unpaired) electrons. The Morgan fingerprint density at radius 2 is 1.77 bits per heavy atom. The molecule has 2 heterocycles. The Morgan fingerprint density at radius 3 is 2.42 bits per heavy atom. The van der Waals surface area contributed by atoms with Gasteiger partial charge in [-0.1, -0.05) is 49.7 Å². The number of hydrogen-bond donors (Lipinski definition) is 0. The Labute approximate surface area is 183 Å². The summed E-state index contributed by atoms with van der Waals surface area (Å²) >= 11 is 0. The number of aryl methyl sites for hydroxylation is 1. The van der Waals surface area contributed by atoms with Crippen LogP contribution in [0.15, 0.2) is 51.7 Å². The lowest BCUT2D eigenvalue weighted by atomic mass is 9.95. The van der Waals surface area contributed by atoms with Crippen LogP contribution in [0.4, 0.5) is 0 Å². The van der Waals surface area contributed by atoms with E-state index in [2.05, 4.69) is 30.9 Å². The first-order chi connectivity index (χ1) is 14.8. The molecule has 3 aromatic rings. The van der Waals surface area contributed by atoms with Crippen molar-refractivity contribution < 1.29 is 9.21 Å². The van der Waals surface area contributed by atoms with Crippen LogP contribution >= 0.6 is 0 Å². The van der Waals surface area contributed by atoms with Gasteiger partial charge in [-0.15, -0.1) is 0 Å². The molecule has 0 spiro atoms. The van der Waals surface area contributed by atoms with Crippen LogP contribution in [-0.4, -0.2) is 42.9 Å². The lowest BCUT2D eigenvalue weighted by Crippen LogP contribution is -2.32. The maximum atomic E-state index is 13.6. The van der Waals surface area contributed by atoms with Gasteiger partial charge in [0.1, 0.15) is 5.58 Å². The lowest BCUT2D eigenvalue weighted by Gasteiger charge is -2.26. The Kier molecular flexibility index (Phi) is 5.71. The van der Waals surface area contributed by atoms with E-state index < -0.39 is 6.04 Å². The minimum Gasteiger partial charge on any atom is -0.450 e. The van der Waals surface area contributed by atoms with Gasteiger partial charge < -0.3 is 14.2 Å². The third-order valence-corrected chi connectivity index (χ3v) is 6.04. The zero-order valence-electron chi connectivity index (χ0n) is 18.9. The molecule has 0 saturated carbocycles. The van der Waals surface area contributed by atoms with Crippen LogP contribution in [0.3, 0.4) is 0 Å². The predicted molar refractivity (Wildman–Crippen MR) is 124 cm³/mol. The number of amides is 1. The summed E-state index contributed by atoms with van der Waals surface area (Å²) in [5.74, 6) is 0.398. The third kappa shape index (κ3) is 3.90. The lowest BCUT2D eigenvalue weighted by molar-refractivity contribution is 0.0722. The van der Waals surface area contributed by atoms with Crippen LogP contribution in [0.1, 0.15) is 65.0 Å². The molecule has 5 nitrogen and oxygen atoms in total. The molecule has 2 aromatic carbocycles. The first-order valence-corrected chi connectivity index (χ1v) is 10.9. The Balaban J connectivity index is 1.86. The highest BCUT2D eigenvalue weighted by molar-refractivity contribution is 5.99. The van der Waals surface area contributed by atoms with E-state index in [-0.39, 0.29) is 17.1 Å². The van der Waals surface area contributed by atoms with Gasteiger partial charge >= 0.3 is 0 Å². The first kappa shape index (κ1) is 21.3. The summed E-state index contributed by atoms with van der Waals surface area (Å²) in [5.41, 5.74) is 3.98. The van der Waals surface area contributed by atoms with Gasteiger partial charge in [-0.25, -0.2) is 0 Å². The first-order valence-electron chi connectivity index (χ1n) is 10.9. The number of nitrogens with zero attached hydrogens (tertiary/aromatic N) is 2. The van der Waals surface area contributed by atoms with Crippen LogP contribution in [0, 0.1) is 6.92 Å². The van der Waals surface area contributed by atoms with E-state index in [1.807, 2.05) is 45.3 Å². The molecule has 0 fully saturated rings. The molecule has 1 aliphatic heterocycles. The molecule has 31 heavy (non-hydrogen) atoms. The SMILES string of the molecule is Cc1ccc2oc3c(c(=O)c2c1)C(c1ccc(C(C)C)cc1)N(CCCN(C)C)C3=O. The molecule has 4 rings (SSSR count). The monoisotopic (exact) mass is 418 g/mol. The summed E-state index contributed by atoms with van der Waals surface area (Å²) < 4.78 is 6.02. The van der Waals surface area contributed by atoms with Gasteiger partial charge in [0.15, 0.2) is 5.43 Å². The summed E-state index contributed by atoms with van der Waals surface area (Å²) in [5, 5.41) is 0.533. The minimum absolute atomic E-state index is 0.110. The Bertz CT molecular complexity index is 1180. The number of rotatable bonds is 6. The zero-order chi connectivity index (χ0) is 22.3. The molecule has 0 saturated heterocycles. The average molecular weight is 419 g/mol. The highest BCUT2D eigenvalue weighted by Crippen LogP contribution is 2.38. The Hall–Kier alpha value is -2.92. The third-order valence-electron chi connectivity index (χ3n) is 6.04. The van der Waals surface area contributed by atoms with E-state index in [1.165, 1.54) is 5.56 Å². The summed E-state index contributed by atoms with van der Waals surface area (Å²) in [7, 11) is 4.03. The van der Waals surface area contributed by atoms with Gasteiger partial charge in [0.25, 0.3) is 5.91 Å². The molecule has 0 N–H and O–H groups in total. The van der Waals surface area contributed by atoms with Gasteiger partial charge in [0, 0.05) is 6.54 Å². The fourth-order valence-electron chi connectivity index (χ4n) is 4.33. The molecule has 5 heteroatoms. The number of hydrogen-bond acceptors (Lipinski definition) is 4. The molecule has 1 amide bonds. The summed E-state index contributed by atoms with van der Waals surface area (Å²) in [6, 6.07) is 13.4. The second-order valence-corrected chi connectivity index (χ2v) is 9.05. The van der Waals surface area contributed by atoms with Crippen molar-refractivity contribution in [3.63, 3.8) is 0 Å². The van der Waals surface area contributed by atoms with Crippen LogP contribution in [0.25, 0.3) is 11.0 Å². The van der Waals surface area contributed by atoms with Crippen molar-refractivity contribution >= 4 is 16.9 Å². The van der Waals surface area contributed by atoms with Crippen LogP contribution in [0.5, 0.6) is 0 Å². The second-order valence-electron chi connectivity index (χ2n) is 9.05. The predicted octanol–water partition coefficient (Wildman–Crippen LogP) is 4.72. The number of carbonyl (C=O) groups is 1. The highest BCUT2D eigenvalue weighted by atomic mass is 16.3. The number of benzene rings is 2. The van der Waals surface area contributed by atoms with Crippen molar-refractivity contribution in [3.8, 4) is 0 Å². The van der Waals surface area contributed by atoms with Crippen LogP contribution in [0.2, 0.25) is 0 Å². The van der Waals surface area contributed by atoms with Crippen molar-refractivity contribution in [2.75, 3.05) is 27.2 Å². The van der Waals surface area contributed by atoms with E-state index in [4.69, 9.17) is 4.42 Å². The topological polar surface area (TPSA) is 53.8 Å². The molecular weight excluding hydrogens is 388 g/mol. The normalized spacial score (nSPS) is 16.0. The molecule has 1 aromatic heterocycles. The summed E-state index contributed by atoms with van der Waals surface area (Å²) in [6.07, 6.45) is 0.820. The molecule has 0 aliphatic carbocycles. The molecular formula is C26H30N2O3. The van der Waals surface area contributed by atoms with Crippen molar-refractivity contribution in [2.45, 2.75) is 39.2 Å². The minimum atomic E-state index is -0.424. The van der Waals surface area contributed by atoms with Crippen LogP contribution in [-0.2, 0) is 0 Å². The van der Waals surface area contributed by atoms with E-state index >= 15 is 0 Å². The quantitative estimate of drug-likeness (QED) is 0.581. The van der Waals surface area contributed by atoms with E-state index in [1.54, 1.807) is 11.0 Å². The fourth-order valence-corrected chi connectivity index (χ4v) is 4.33. The van der Waals surface area contributed by atoms with E-state index in [9.17, 15) is 9.59 Å². The van der Waals surface area contributed by atoms with Gasteiger partial charge in [0.05, 0.1) is 17.0 Å². The molecule has 162 valence electrons. The van der Waals surface area contributed by atoms with Crippen molar-refractivity contribution in [2.24, 2.45) is 0 Å². The number of fused-ring (bicyclic) bond motifs is 2. The van der Waals surface area contributed by atoms with Crippen molar-refractivity contribution in [1.82, 2.24) is 9.80 Å². The zero-order valence-corrected chi connectivity index (χ0v) is 18.9. The van der Waals surface area contributed by atoms with Crippen LogP contribution < -0.4 is 5.43 Å². The Morgan fingerprint density at radius 1 is 1.06 bits per heavy atom. The molecule has 0 bridgehead atoms. The van der Waals surface area contributed by atoms with Gasteiger partial charge in [-0.3, -0.25) is 9.59 Å². The average Bonchev–Trinajstić information content (AvgIpc) is 3.01. The molecule has 1 aliphatic rings. The van der Waals surface area contributed by atoms with E-state index in [0.717, 1.165) is 24.1 Å². The van der Waals surface area contributed by atoms with E-state index in [0.29, 0.717) is 29.0 Å².